The minimum absolute atomic E-state index is 0.184. The molecular formula is C17H26BrN3O2. The molecule has 0 spiro atoms. The molecule has 1 aromatic heterocycles. The van der Waals surface area contributed by atoms with Crippen LogP contribution >= 0.6 is 15.9 Å². The third-order valence-corrected chi connectivity index (χ3v) is 4.18. The molecule has 23 heavy (non-hydrogen) atoms. The summed E-state index contributed by atoms with van der Waals surface area (Å²) >= 11 is 3.42. The maximum absolute atomic E-state index is 12.2. The lowest BCUT2D eigenvalue weighted by atomic mass is 10.1. The van der Waals surface area contributed by atoms with Crippen LogP contribution in [-0.4, -0.2) is 40.7 Å². The fraction of sp³-hybridized carbons (Fsp3) is 0.647. The molecule has 1 atom stereocenters. The standard InChI is InChI=1S/C17H26BrN3O2/c1-17(2,3)23-16(22)21-8-4-5-15(21)6-7-19-10-13-9-14(18)12-20-11-13/h9,11-12,15,19H,4-8,10H2,1-3H3. The number of carbonyl (C=O) groups excluding carboxylic acids is 1. The zero-order valence-corrected chi connectivity index (χ0v) is 15.7. The van der Waals surface area contributed by atoms with Gasteiger partial charge in [-0.05, 0) is 74.1 Å². The molecule has 128 valence electrons. The predicted molar refractivity (Wildman–Crippen MR) is 94.2 cm³/mol. The van der Waals surface area contributed by atoms with E-state index in [4.69, 9.17) is 4.74 Å². The second-order valence-electron chi connectivity index (χ2n) is 6.95. The van der Waals surface area contributed by atoms with Crippen LogP contribution in [0.3, 0.4) is 0 Å². The van der Waals surface area contributed by atoms with Crippen molar-refractivity contribution in [3.8, 4) is 0 Å². The lowest BCUT2D eigenvalue weighted by molar-refractivity contribution is 0.0220. The molecule has 1 N–H and O–H groups in total. The van der Waals surface area contributed by atoms with Gasteiger partial charge in [-0.2, -0.15) is 0 Å². The highest BCUT2D eigenvalue weighted by molar-refractivity contribution is 9.10. The van der Waals surface area contributed by atoms with Crippen molar-refractivity contribution in [2.75, 3.05) is 13.1 Å². The highest BCUT2D eigenvalue weighted by Gasteiger charge is 2.31. The second kappa shape index (κ2) is 8.11. The van der Waals surface area contributed by atoms with Crippen LogP contribution in [0.1, 0.15) is 45.6 Å². The summed E-state index contributed by atoms with van der Waals surface area (Å²) in [7, 11) is 0. The number of ether oxygens (including phenoxy) is 1. The monoisotopic (exact) mass is 383 g/mol. The Morgan fingerprint density at radius 1 is 1.48 bits per heavy atom. The summed E-state index contributed by atoms with van der Waals surface area (Å²) < 4.78 is 6.48. The van der Waals surface area contributed by atoms with Gasteiger partial charge in [0.05, 0.1) is 0 Å². The molecule has 0 aromatic carbocycles. The lowest BCUT2D eigenvalue weighted by Crippen LogP contribution is -2.40. The van der Waals surface area contributed by atoms with Crippen molar-refractivity contribution >= 4 is 22.0 Å². The summed E-state index contributed by atoms with van der Waals surface area (Å²) in [5.41, 5.74) is 0.714. The van der Waals surface area contributed by atoms with Crippen LogP contribution < -0.4 is 5.32 Å². The van der Waals surface area contributed by atoms with E-state index in [1.165, 1.54) is 0 Å². The van der Waals surface area contributed by atoms with Crippen molar-refractivity contribution in [2.24, 2.45) is 0 Å². The average Bonchev–Trinajstić information content (AvgIpc) is 2.90. The lowest BCUT2D eigenvalue weighted by Gasteiger charge is -2.28. The highest BCUT2D eigenvalue weighted by Crippen LogP contribution is 2.22. The fourth-order valence-electron chi connectivity index (χ4n) is 2.75. The molecule has 1 fully saturated rings. The largest absolute Gasteiger partial charge is 0.444 e. The number of amides is 1. The zero-order valence-electron chi connectivity index (χ0n) is 14.1. The van der Waals surface area contributed by atoms with Crippen molar-refractivity contribution in [2.45, 2.75) is 58.2 Å². The van der Waals surface area contributed by atoms with Crippen LogP contribution in [0.5, 0.6) is 0 Å². The van der Waals surface area contributed by atoms with Crippen LogP contribution in [-0.2, 0) is 11.3 Å². The quantitative estimate of drug-likeness (QED) is 0.787. The van der Waals surface area contributed by atoms with Gasteiger partial charge in [0.1, 0.15) is 5.60 Å². The minimum atomic E-state index is -0.434. The highest BCUT2D eigenvalue weighted by atomic mass is 79.9. The van der Waals surface area contributed by atoms with Crippen molar-refractivity contribution in [3.05, 3.63) is 28.5 Å². The molecule has 1 saturated heterocycles. The van der Waals surface area contributed by atoms with Gasteiger partial charge in [0.15, 0.2) is 0 Å². The van der Waals surface area contributed by atoms with Gasteiger partial charge in [-0.3, -0.25) is 4.98 Å². The Bertz CT molecular complexity index is 531. The van der Waals surface area contributed by atoms with E-state index < -0.39 is 5.60 Å². The third-order valence-electron chi connectivity index (χ3n) is 3.75. The number of pyridine rings is 1. The van der Waals surface area contributed by atoms with E-state index in [0.29, 0.717) is 0 Å². The molecule has 0 radical (unpaired) electrons. The summed E-state index contributed by atoms with van der Waals surface area (Å²) in [6.07, 6.45) is 6.51. The topological polar surface area (TPSA) is 54.5 Å². The number of aromatic nitrogens is 1. The molecule has 5 nitrogen and oxygen atoms in total. The Hall–Kier alpha value is -1.14. The normalized spacial score (nSPS) is 18.3. The van der Waals surface area contributed by atoms with Crippen molar-refractivity contribution in [1.29, 1.82) is 0 Å². The number of likely N-dealkylation sites (tertiary alicyclic amines) is 1. The fourth-order valence-corrected chi connectivity index (χ4v) is 3.16. The maximum atomic E-state index is 12.2. The molecule has 1 amide bonds. The Kier molecular flexibility index (Phi) is 6.41. The first-order valence-corrected chi connectivity index (χ1v) is 8.94. The van der Waals surface area contributed by atoms with Crippen LogP contribution in [0.25, 0.3) is 0 Å². The Labute approximate surface area is 146 Å². The smallest absolute Gasteiger partial charge is 0.410 e. The molecular weight excluding hydrogens is 358 g/mol. The van der Waals surface area contributed by atoms with Gasteiger partial charge in [0.2, 0.25) is 0 Å². The van der Waals surface area contributed by atoms with E-state index in [1.54, 1.807) is 6.20 Å². The van der Waals surface area contributed by atoms with Gasteiger partial charge in [-0.25, -0.2) is 4.79 Å². The van der Waals surface area contributed by atoms with Crippen LogP contribution in [0.15, 0.2) is 22.9 Å². The zero-order chi connectivity index (χ0) is 16.9. The number of hydrogen-bond acceptors (Lipinski definition) is 4. The number of rotatable bonds is 5. The maximum Gasteiger partial charge on any atom is 0.410 e. The van der Waals surface area contributed by atoms with Gasteiger partial charge in [-0.1, -0.05) is 0 Å². The van der Waals surface area contributed by atoms with Crippen LogP contribution in [0.2, 0.25) is 0 Å². The van der Waals surface area contributed by atoms with Crippen molar-refractivity contribution in [1.82, 2.24) is 15.2 Å². The first-order valence-electron chi connectivity index (χ1n) is 8.15. The molecule has 1 aromatic rings. The average molecular weight is 384 g/mol. The van der Waals surface area contributed by atoms with E-state index in [-0.39, 0.29) is 12.1 Å². The summed E-state index contributed by atoms with van der Waals surface area (Å²) in [4.78, 5) is 18.3. The molecule has 6 heteroatoms. The number of nitrogens with zero attached hydrogens (tertiary/aromatic N) is 2. The Morgan fingerprint density at radius 3 is 2.96 bits per heavy atom. The number of carbonyl (C=O) groups is 1. The van der Waals surface area contributed by atoms with Gasteiger partial charge < -0.3 is 15.0 Å². The number of hydrogen-bond donors (Lipinski definition) is 1. The van der Waals surface area contributed by atoms with E-state index in [1.807, 2.05) is 31.9 Å². The molecule has 0 saturated carbocycles. The Balaban J connectivity index is 1.75. The summed E-state index contributed by atoms with van der Waals surface area (Å²) in [6.45, 7) is 8.17. The number of halogens is 1. The van der Waals surface area contributed by atoms with E-state index >= 15 is 0 Å². The minimum Gasteiger partial charge on any atom is -0.444 e. The summed E-state index contributed by atoms with van der Waals surface area (Å²) in [6, 6.07) is 2.33. The van der Waals surface area contributed by atoms with Crippen LogP contribution in [0.4, 0.5) is 4.79 Å². The first kappa shape index (κ1) is 18.2. The number of nitrogens with one attached hydrogen (secondary N) is 1. The molecule has 0 bridgehead atoms. The molecule has 1 aliphatic heterocycles. The second-order valence-corrected chi connectivity index (χ2v) is 7.86. The first-order chi connectivity index (χ1) is 10.8. The Morgan fingerprint density at radius 2 is 2.26 bits per heavy atom. The molecule has 2 heterocycles. The van der Waals surface area contributed by atoms with Crippen molar-refractivity contribution < 1.29 is 9.53 Å². The van der Waals surface area contributed by atoms with Gasteiger partial charge in [-0.15, -0.1) is 0 Å². The third kappa shape index (κ3) is 6.11. The SMILES string of the molecule is CC(C)(C)OC(=O)N1CCCC1CCNCc1cncc(Br)c1. The van der Waals surface area contributed by atoms with E-state index in [9.17, 15) is 4.79 Å². The van der Waals surface area contributed by atoms with E-state index in [2.05, 4.69) is 32.3 Å². The van der Waals surface area contributed by atoms with Crippen LogP contribution in [0, 0.1) is 0 Å². The summed E-state index contributed by atoms with van der Waals surface area (Å²) in [5.74, 6) is 0. The molecule has 2 rings (SSSR count). The molecule has 0 aliphatic carbocycles. The predicted octanol–water partition coefficient (Wildman–Crippen LogP) is 3.72. The molecule has 1 unspecified atom stereocenters. The summed E-state index contributed by atoms with van der Waals surface area (Å²) in [5, 5.41) is 3.42. The van der Waals surface area contributed by atoms with Gasteiger partial charge in [0, 0.05) is 36.0 Å². The van der Waals surface area contributed by atoms with Crippen molar-refractivity contribution in [3.63, 3.8) is 0 Å². The van der Waals surface area contributed by atoms with E-state index in [0.717, 1.165) is 48.9 Å². The molecule has 1 aliphatic rings. The van der Waals surface area contributed by atoms with Gasteiger partial charge in [0.25, 0.3) is 0 Å². The van der Waals surface area contributed by atoms with Gasteiger partial charge >= 0.3 is 6.09 Å².